The first-order valence-corrected chi connectivity index (χ1v) is 5.26. The van der Waals surface area contributed by atoms with Crippen LogP contribution in [-0.2, 0) is 6.54 Å². The minimum Gasteiger partial charge on any atom is -0.493 e. The van der Waals surface area contributed by atoms with E-state index in [0.717, 1.165) is 11.3 Å². The van der Waals surface area contributed by atoms with E-state index in [4.69, 9.17) is 15.9 Å². The lowest BCUT2D eigenvalue weighted by atomic mass is 10.2. The normalized spacial score (nSPS) is 9.67. The van der Waals surface area contributed by atoms with Crippen LogP contribution in [0.25, 0.3) is 0 Å². The number of hydrogen-bond donors (Lipinski definition) is 4. The second kappa shape index (κ2) is 6.19. The molecule has 1 aromatic carbocycles. The lowest BCUT2D eigenvalue weighted by molar-refractivity contribution is 0.344. The van der Waals surface area contributed by atoms with Gasteiger partial charge in [-0.1, -0.05) is 12.1 Å². The first-order chi connectivity index (χ1) is 7.22. The van der Waals surface area contributed by atoms with Crippen LogP contribution in [-0.4, -0.2) is 18.3 Å². The SMILES string of the molecule is N=C(N)NCc1ccc(OCCS)cc1. The Morgan fingerprint density at radius 1 is 1.40 bits per heavy atom. The minimum atomic E-state index is -0.0228. The van der Waals surface area contributed by atoms with Crippen molar-refractivity contribution < 1.29 is 4.74 Å². The summed E-state index contributed by atoms with van der Waals surface area (Å²) >= 11 is 4.05. The van der Waals surface area contributed by atoms with Gasteiger partial charge in [0.25, 0.3) is 0 Å². The largest absolute Gasteiger partial charge is 0.493 e. The molecule has 1 rings (SSSR count). The first kappa shape index (κ1) is 11.7. The number of nitrogens with two attached hydrogens (primary N) is 1. The van der Waals surface area contributed by atoms with Crippen LogP contribution in [0.1, 0.15) is 5.56 Å². The van der Waals surface area contributed by atoms with Crippen molar-refractivity contribution in [2.75, 3.05) is 12.4 Å². The average molecular weight is 225 g/mol. The number of hydrogen-bond acceptors (Lipinski definition) is 3. The number of benzene rings is 1. The van der Waals surface area contributed by atoms with E-state index >= 15 is 0 Å². The fourth-order valence-corrected chi connectivity index (χ4v) is 1.16. The molecule has 0 atom stereocenters. The highest BCUT2D eigenvalue weighted by Crippen LogP contribution is 2.11. The van der Waals surface area contributed by atoms with Crippen LogP contribution in [0.5, 0.6) is 5.75 Å². The van der Waals surface area contributed by atoms with E-state index in [-0.39, 0.29) is 5.96 Å². The Morgan fingerprint density at radius 2 is 2.07 bits per heavy atom. The van der Waals surface area contributed by atoms with Gasteiger partial charge in [-0.3, -0.25) is 5.41 Å². The molecule has 4 nitrogen and oxygen atoms in total. The highest BCUT2D eigenvalue weighted by molar-refractivity contribution is 7.80. The molecule has 0 amide bonds. The Hall–Kier alpha value is -1.36. The molecule has 0 unspecified atom stereocenters. The smallest absolute Gasteiger partial charge is 0.185 e. The van der Waals surface area contributed by atoms with E-state index in [1.807, 2.05) is 24.3 Å². The average Bonchev–Trinajstić information content (AvgIpc) is 2.25. The third-order valence-corrected chi connectivity index (χ3v) is 1.95. The third-order valence-electron chi connectivity index (χ3n) is 1.77. The van der Waals surface area contributed by atoms with E-state index in [1.165, 1.54) is 0 Å². The van der Waals surface area contributed by atoms with Gasteiger partial charge in [0, 0.05) is 12.3 Å². The Labute approximate surface area is 94.7 Å². The van der Waals surface area contributed by atoms with Crippen LogP contribution in [0, 0.1) is 5.41 Å². The second-order valence-corrected chi connectivity index (χ2v) is 3.43. The van der Waals surface area contributed by atoms with Crippen molar-refractivity contribution in [2.24, 2.45) is 5.73 Å². The highest BCUT2D eigenvalue weighted by atomic mass is 32.1. The van der Waals surface area contributed by atoms with Crippen molar-refractivity contribution >= 4 is 18.6 Å². The quantitative estimate of drug-likeness (QED) is 0.343. The summed E-state index contributed by atoms with van der Waals surface area (Å²) in [6, 6.07) is 7.65. The van der Waals surface area contributed by atoms with Crippen LogP contribution < -0.4 is 15.8 Å². The monoisotopic (exact) mass is 225 g/mol. The Kier molecular flexibility index (Phi) is 4.83. The van der Waals surface area contributed by atoms with E-state index in [0.29, 0.717) is 18.9 Å². The number of ether oxygens (including phenoxy) is 1. The Balaban J connectivity index is 2.45. The number of guanidine groups is 1. The maximum Gasteiger partial charge on any atom is 0.185 e. The van der Waals surface area contributed by atoms with E-state index in [2.05, 4.69) is 17.9 Å². The molecular weight excluding hydrogens is 210 g/mol. The van der Waals surface area contributed by atoms with Crippen LogP contribution in [0.3, 0.4) is 0 Å². The molecule has 0 aliphatic heterocycles. The molecule has 0 spiro atoms. The molecule has 0 saturated carbocycles. The van der Waals surface area contributed by atoms with Gasteiger partial charge in [0.15, 0.2) is 5.96 Å². The first-order valence-electron chi connectivity index (χ1n) is 4.63. The molecule has 5 heteroatoms. The van der Waals surface area contributed by atoms with Crippen LogP contribution in [0.2, 0.25) is 0 Å². The predicted octanol–water partition coefficient (Wildman–Crippen LogP) is 0.978. The van der Waals surface area contributed by atoms with Gasteiger partial charge in [0.1, 0.15) is 5.75 Å². The molecule has 0 aromatic heterocycles. The standard InChI is InChI=1S/C10H15N3OS/c11-10(12)13-7-8-1-3-9(4-2-8)14-5-6-15/h1-4,15H,5-7H2,(H4,11,12,13). The van der Waals surface area contributed by atoms with Gasteiger partial charge in [-0.05, 0) is 17.7 Å². The van der Waals surface area contributed by atoms with Crippen LogP contribution in [0.4, 0.5) is 0 Å². The fraction of sp³-hybridized carbons (Fsp3) is 0.300. The highest BCUT2D eigenvalue weighted by Gasteiger charge is 1.95. The zero-order valence-corrected chi connectivity index (χ0v) is 9.26. The van der Waals surface area contributed by atoms with Crippen LogP contribution >= 0.6 is 12.6 Å². The fourth-order valence-electron chi connectivity index (χ4n) is 1.06. The van der Waals surface area contributed by atoms with E-state index < -0.39 is 0 Å². The second-order valence-electron chi connectivity index (χ2n) is 2.98. The van der Waals surface area contributed by atoms with Gasteiger partial charge in [0.05, 0.1) is 6.61 Å². The zero-order valence-electron chi connectivity index (χ0n) is 8.36. The molecular formula is C10H15N3OS. The van der Waals surface area contributed by atoms with Gasteiger partial charge < -0.3 is 15.8 Å². The summed E-state index contributed by atoms with van der Waals surface area (Å²) in [5.74, 6) is 1.51. The lowest BCUT2D eigenvalue weighted by Gasteiger charge is -2.06. The maximum absolute atomic E-state index is 7.01. The third kappa shape index (κ3) is 4.60. The van der Waals surface area contributed by atoms with Crippen molar-refractivity contribution in [1.29, 1.82) is 5.41 Å². The number of nitrogens with one attached hydrogen (secondary N) is 2. The number of thiol groups is 1. The summed E-state index contributed by atoms with van der Waals surface area (Å²) in [7, 11) is 0. The van der Waals surface area contributed by atoms with Gasteiger partial charge in [-0.15, -0.1) is 0 Å². The molecule has 0 heterocycles. The molecule has 4 N–H and O–H groups in total. The topological polar surface area (TPSA) is 71.1 Å². The summed E-state index contributed by atoms with van der Waals surface area (Å²) in [5.41, 5.74) is 6.23. The Bertz CT molecular complexity index is 313. The maximum atomic E-state index is 7.01. The molecule has 15 heavy (non-hydrogen) atoms. The molecule has 0 saturated heterocycles. The molecule has 0 aliphatic rings. The minimum absolute atomic E-state index is 0.0228. The van der Waals surface area contributed by atoms with Gasteiger partial charge in [0.2, 0.25) is 0 Å². The molecule has 0 radical (unpaired) electrons. The van der Waals surface area contributed by atoms with Crippen molar-refractivity contribution in [3.8, 4) is 5.75 Å². The molecule has 0 bridgehead atoms. The summed E-state index contributed by atoms with van der Waals surface area (Å²) in [6.07, 6.45) is 0. The molecule has 1 aromatic rings. The molecule has 0 fully saturated rings. The summed E-state index contributed by atoms with van der Waals surface area (Å²) in [4.78, 5) is 0. The van der Waals surface area contributed by atoms with Crippen molar-refractivity contribution in [2.45, 2.75) is 6.54 Å². The van der Waals surface area contributed by atoms with E-state index in [1.54, 1.807) is 0 Å². The summed E-state index contributed by atoms with van der Waals surface area (Å²) in [6.45, 7) is 1.16. The molecule has 82 valence electrons. The lowest BCUT2D eigenvalue weighted by Crippen LogP contribution is -2.29. The zero-order chi connectivity index (χ0) is 11.1. The van der Waals surface area contributed by atoms with Crippen molar-refractivity contribution in [1.82, 2.24) is 5.32 Å². The van der Waals surface area contributed by atoms with Gasteiger partial charge in [-0.2, -0.15) is 12.6 Å². The van der Waals surface area contributed by atoms with Crippen molar-refractivity contribution in [3.05, 3.63) is 29.8 Å². The summed E-state index contributed by atoms with van der Waals surface area (Å²) < 4.78 is 5.37. The Morgan fingerprint density at radius 3 is 2.60 bits per heavy atom. The summed E-state index contributed by atoms with van der Waals surface area (Å²) in [5, 5.41) is 9.74. The molecule has 0 aliphatic carbocycles. The number of rotatable bonds is 5. The van der Waals surface area contributed by atoms with Crippen molar-refractivity contribution in [3.63, 3.8) is 0 Å². The van der Waals surface area contributed by atoms with Gasteiger partial charge >= 0.3 is 0 Å². The predicted molar refractivity (Wildman–Crippen MR) is 64.5 cm³/mol. The van der Waals surface area contributed by atoms with Crippen LogP contribution in [0.15, 0.2) is 24.3 Å². The van der Waals surface area contributed by atoms with Gasteiger partial charge in [-0.25, -0.2) is 0 Å². The van der Waals surface area contributed by atoms with E-state index in [9.17, 15) is 0 Å².